The molecular weight excluding hydrogens is 332 g/mol. The van der Waals surface area contributed by atoms with Gasteiger partial charge in [0.2, 0.25) is 0 Å². The van der Waals surface area contributed by atoms with Crippen LogP contribution in [0, 0.1) is 5.92 Å². The van der Waals surface area contributed by atoms with Crippen molar-refractivity contribution in [2.75, 3.05) is 6.61 Å². The number of esters is 1. The molecule has 2 heterocycles. The van der Waals surface area contributed by atoms with Crippen molar-refractivity contribution in [3.63, 3.8) is 0 Å². The molecule has 1 fully saturated rings. The van der Waals surface area contributed by atoms with Gasteiger partial charge in [-0.05, 0) is 18.9 Å². The number of carbonyl (C=O) groups is 1. The van der Waals surface area contributed by atoms with Crippen molar-refractivity contribution in [2.24, 2.45) is 11.7 Å². The summed E-state index contributed by atoms with van der Waals surface area (Å²) in [5.41, 5.74) is 10.5. The van der Waals surface area contributed by atoms with Gasteiger partial charge in [0.1, 0.15) is 17.7 Å². The summed E-state index contributed by atoms with van der Waals surface area (Å²) < 4.78 is 11.8. The van der Waals surface area contributed by atoms with Gasteiger partial charge >= 0.3 is 11.7 Å². The lowest BCUT2D eigenvalue weighted by molar-refractivity contribution is -0.166. The van der Waals surface area contributed by atoms with Crippen LogP contribution in [0.3, 0.4) is 0 Å². The molecular formula is C15H23N4O6. The van der Waals surface area contributed by atoms with Crippen LogP contribution in [0.2, 0.25) is 0 Å². The molecule has 0 amide bonds. The number of nitrogens with zero attached hydrogens (tertiary/aromatic N) is 2. The van der Waals surface area contributed by atoms with Gasteiger partial charge in [0.05, 0.1) is 6.61 Å². The Bertz CT molecular complexity index is 689. The van der Waals surface area contributed by atoms with Gasteiger partial charge in [-0.15, -0.1) is 0 Å². The maximum absolute atomic E-state index is 12.1. The number of hydrogen-bond acceptors (Lipinski definition) is 8. The number of aliphatic hydroxyl groups is 2. The Balaban J connectivity index is 2.32. The van der Waals surface area contributed by atoms with Crippen LogP contribution in [-0.2, 0) is 14.3 Å². The average molecular weight is 355 g/mol. The highest BCUT2D eigenvalue weighted by atomic mass is 16.6. The van der Waals surface area contributed by atoms with Crippen molar-refractivity contribution in [2.45, 2.75) is 50.8 Å². The molecule has 2 unspecified atom stereocenters. The Hall–Kier alpha value is -2.01. The van der Waals surface area contributed by atoms with E-state index in [1.54, 1.807) is 13.8 Å². The van der Waals surface area contributed by atoms with Gasteiger partial charge in [-0.25, -0.2) is 4.79 Å². The molecule has 0 spiro atoms. The van der Waals surface area contributed by atoms with Gasteiger partial charge in [0.15, 0.2) is 18.1 Å². The van der Waals surface area contributed by atoms with E-state index in [9.17, 15) is 19.8 Å². The van der Waals surface area contributed by atoms with Crippen molar-refractivity contribution < 1.29 is 24.5 Å². The highest BCUT2D eigenvalue weighted by Gasteiger charge is 2.56. The smallest absolute Gasteiger partial charge is 0.351 e. The highest BCUT2D eigenvalue weighted by Crippen LogP contribution is 2.39. The molecule has 139 valence electrons. The minimum atomic E-state index is -1.82. The maximum Gasteiger partial charge on any atom is 0.351 e. The molecule has 1 aromatic heterocycles. The molecule has 5 atom stereocenters. The third kappa shape index (κ3) is 3.66. The summed E-state index contributed by atoms with van der Waals surface area (Å²) in [7, 11) is 0. The molecule has 1 saturated heterocycles. The molecule has 0 aliphatic carbocycles. The molecule has 0 bridgehead atoms. The van der Waals surface area contributed by atoms with Crippen LogP contribution >= 0.6 is 0 Å². The van der Waals surface area contributed by atoms with Gasteiger partial charge in [0.25, 0.3) is 0 Å². The average Bonchev–Trinajstić information content (AvgIpc) is 2.77. The standard InChI is InChI=1S/C15H23N4O6/c1-7(2)10(17)12(21)25-11-8(6-20)24-13(15(11,3)23)19-5-4-9(16)18-14(19)22/h4-5,7-8,10-11,13,16,20,23H,6,17H2,1-3H3/t8-,10?,11?,13-,15+/m1/s1. The maximum atomic E-state index is 12.1. The van der Waals surface area contributed by atoms with E-state index in [2.05, 4.69) is 4.98 Å². The molecule has 2 rings (SSSR count). The van der Waals surface area contributed by atoms with Crippen LogP contribution in [-0.4, -0.2) is 56.2 Å². The first-order valence-electron chi connectivity index (χ1n) is 7.85. The molecule has 1 aromatic rings. The van der Waals surface area contributed by atoms with Crippen molar-refractivity contribution in [1.82, 2.24) is 15.3 Å². The molecule has 0 aromatic carbocycles. The number of nitrogens with one attached hydrogen (secondary N) is 1. The van der Waals surface area contributed by atoms with E-state index in [1.807, 2.05) is 0 Å². The number of ether oxygens (including phenoxy) is 2. The van der Waals surface area contributed by atoms with Crippen molar-refractivity contribution in [3.8, 4) is 0 Å². The van der Waals surface area contributed by atoms with Crippen molar-refractivity contribution in [3.05, 3.63) is 22.7 Å². The lowest BCUT2D eigenvalue weighted by Gasteiger charge is -2.30. The first-order valence-corrected chi connectivity index (χ1v) is 7.85. The van der Waals surface area contributed by atoms with E-state index < -0.39 is 48.3 Å². The first kappa shape index (κ1) is 19.3. The summed E-state index contributed by atoms with van der Waals surface area (Å²) in [5.74, 6) is -1.15. The topological polar surface area (TPSA) is 161 Å². The third-order valence-corrected chi connectivity index (χ3v) is 4.21. The molecule has 0 saturated carbocycles. The number of carbonyl (C=O) groups excluding carboxylic acids is 1. The minimum Gasteiger partial charge on any atom is -0.455 e. The SMILES string of the molecule is CC(C)C(N)C(=O)OC1[C@@H](CO)O[C@@H](n2ccc([NH])nc2=O)[C@@]1(C)O. The van der Waals surface area contributed by atoms with E-state index in [0.29, 0.717) is 0 Å². The van der Waals surface area contributed by atoms with Crippen molar-refractivity contribution in [1.29, 1.82) is 0 Å². The molecule has 10 nitrogen and oxygen atoms in total. The van der Waals surface area contributed by atoms with Gasteiger partial charge in [-0.3, -0.25) is 15.1 Å². The molecule has 1 radical (unpaired) electrons. The summed E-state index contributed by atoms with van der Waals surface area (Å²) in [6.45, 7) is 4.28. The lowest BCUT2D eigenvalue weighted by Crippen LogP contribution is -2.51. The van der Waals surface area contributed by atoms with Crippen molar-refractivity contribution >= 4 is 11.8 Å². The zero-order chi connectivity index (χ0) is 18.9. The Morgan fingerprint density at radius 1 is 1.60 bits per heavy atom. The number of hydrogen-bond donors (Lipinski definition) is 3. The number of aromatic nitrogens is 2. The predicted molar refractivity (Wildman–Crippen MR) is 85.6 cm³/mol. The fraction of sp³-hybridized carbons (Fsp3) is 0.667. The third-order valence-electron chi connectivity index (χ3n) is 4.21. The Morgan fingerprint density at radius 2 is 2.24 bits per heavy atom. The molecule has 10 heteroatoms. The summed E-state index contributed by atoms with van der Waals surface area (Å²) in [4.78, 5) is 27.6. The van der Waals surface area contributed by atoms with E-state index in [-0.39, 0.29) is 11.7 Å². The normalized spacial score (nSPS) is 30.4. The number of nitrogens with two attached hydrogens (primary N) is 1. The minimum absolute atomic E-state index is 0.181. The van der Waals surface area contributed by atoms with Gasteiger partial charge in [-0.2, -0.15) is 4.98 Å². The highest BCUT2D eigenvalue weighted by molar-refractivity contribution is 5.76. The predicted octanol–water partition coefficient (Wildman–Crippen LogP) is -1.31. The van der Waals surface area contributed by atoms with E-state index >= 15 is 0 Å². The molecule has 1 aliphatic heterocycles. The fourth-order valence-corrected chi connectivity index (χ4v) is 2.64. The van der Waals surface area contributed by atoms with Gasteiger partial charge in [-0.1, -0.05) is 13.8 Å². The largest absolute Gasteiger partial charge is 0.455 e. The number of aliphatic hydroxyl groups excluding tert-OH is 1. The molecule has 1 aliphatic rings. The van der Waals surface area contributed by atoms with Crippen LogP contribution < -0.4 is 17.2 Å². The summed E-state index contributed by atoms with van der Waals surface area (Å²) in [5, 5.41) is 20.4. The Kier molecular flexibility index (Phi) is 5.47. The monoisotopic (exact) mass is 355 g/mol. The van der Waals surface area contributed by atoms with Crippen LogP contribution in [0.25, 0.3) is 0 Å². The Labute approximate surface area is 144 Å². The fourth-order valence-electron chi connectivity index (χ4n) is 2.64. The van der Waals surface area contributed by atoms with Gasteiger partial charge in [0, 0.05) is 6.20 Å². The molecule has 25 heavy (non-hydrogen) atoms. The van der Waals surface area contributed by atoms with Crippen LogP contribution in [0.15, 0.2) is 17.1 Å². The Morgan fingerprint density at radius 3 is 2.76 bits per heavy atom. The van der Waals surface area contributed by atoms with Crippen LogP contribution in [0.5, 0.6) is 0 Å². The lowest BCUT2D eigenvalue weighted by atomic mass is 9.95. The second-order valence-corrected chi connectivity index (χ2v) is 6.57. The zero-order valence-electron chi connectivity index (χ0n) is 14.2. The zero-order valence-corrected chi connectivity index (χ0v) is 14.2. The van der Waals surface area contributed by atoms with E-state index in [0.717, 1.165) is 4.57 Å². The summed E-state index contributed by atoms with van der Waals surface area (Å²) in [6.07, 6.45) is -2.29. The summed E-state index contributed by atoms with van der Waals surface area (Å²) >= 11 is 0. The van der Waals surface area contributed by atoms with E-state index in [4.69, 9.17) is 20.9 Å². The number of rotatable bonds is 5. The van der Waals surface area contributed by atoms with Crippen LogP contribution in [0.4, 0.5) is 5.82 Å². The second kappa shape index (κ2) is 7.08. The summed E-state index contributed by atoms with van der Waals surface area (Å²) in [6, 6.07) is 0.351. The van der Waals surface area contributed by atoms with Crippen LogP contribution in [0.1, 0.15) is 27.0 Å². The quantitative estimate of drug-likeness (QED) is 0.549. The second-order valence-electron chi connectivity index (χ2n) is 6.57. The first-order chi connectivity index (χ1) is 11.6. The van der Waals surface area contributed by atoms with Gasteiger partial charge < -0.3 is 25.4 Å². The van der Waals surface area contributed by atoms with E-state index in [1.165, 1.54) is 19.2 Å². The molecule has 5 N–H and O–H groups in total.